The first-order valence-corrected chi connectivity index (χ1v) is 12.9. The summed E-state index contributed by atoms with van der Waals surface area (Å²) in [4.78, 5) is 12.4. The number of carbonyl (C=O) groups excluding carboxylic acids is 1. The Labute approximate surface area is 220 Å². The maximum atomic E-state index is 12.4. The third-order valence-electron chi connectivity index (χ3n) is 5.60. The van der Waals surface area contributed by atoms with Gasteiger partial charge in [-0.15, -0.1) is 0 Å². The molecule has 1 amide bonds. The Balaban J connectivity index is 1.46. The normalized spacial score (nSPS) is 12.2. The predicted octanol–water partition coefficient (Wildman–Crippen LogP) is 2.42. The van der Waals surface area contributed by atoms with Crippen LogP contribution >= 0.6 is 0 Å². The van der Waals surface area contributed by atoms with Crippen molar-refractivity contribution in [2.75, 3.05) is 79.2 Å². The molecule has 1 unspecified atom stereocenters. The standard InChI is InChI=1S/C27H43N3O7/c1-22(2)26-20-29-30(21-26)23(3)24-4-6-25(7-5-24)27(32)28-8-10-33-12-14-35-16-18-37-19-17-36-15-13-34-11-9-31/h4-7,20-23,31H,8-19H2,1-3H3,(H,28,32). The van der Waals surface area contributed by atoms with Crippen LogP contribution in [0.3, 0.4) is 0 Å². The van der Waals surface area contributed by atoms with Gasteiger partial charge in [-0.3, -0.25) is 9.48 Å². The fraction of sp³-hybridized carbons (Fsp3) is 0.630. The molecule has 0 radical (unpaired) electrons. The van der Waals surface area contributed by atoms with E-state index in [4.69, 9.17) is 28.8 Å². The molecule has 37 heavy (non-hydrogen) atoms. The number of rotatable bonds is 21. The summed E-state index contributed by atoms with van der Waals surface area (Å²) in [6, 6.07) is 7.71. The summed E-state index contributed by atoms with van der Waals surface area (Å²) in [5, 5.41) is 15.9. The van der Waals surface area contributed by atoms with E-state index in [1.165, 1.54) is 5.56 Å². The minimum atomic E-state index is -0.126. The number of aromatic nitrogens is 2. The molecular formula is C27H43N3O7. The molecule has 0 fully saturated rings. The molecule has 10 heteroatoms. The van der Waals surface area contributed by atoms with E-state index in [1.807, 2.05) is 35.1 Å². The largest absolute Gasteiger partial charge is 0.394 e. The van der Waals surface area contributed by atoms with E-state index in [0.717, 1.165) is 5.56 Å². The first-order chi connectivity index (χ1) is 18.0. The monoisotopic (exact) mass is 521 g/mol. The lowest BCUT2D eigenvalue weighted by Gasteiger charge is -2.13. The summed E-state index contributed by atoms with van der Waals surface area (Å²) >= 11 is 0. The van der Waals surface area contributed by atoms with Gasteiger partial charge in [0.2, 0.25) is 0 Å². The van der Waals surface area contributed by atoms with E-state index < -0.39 is 0 Å². The molecule has 1 heterocycles. The van der Waals surface area contributed by atoms with Gasteiger partial charge in [0.1, 0.15) is 0 Å². The van der Waals surface area contributed by atoms with Gasteiger partial charge < -0.3 is 34.1 Å². The molecule has 1 atom stereocenters. The summed E-state index contributed by atoms with van der Waals surface area (Å²) < 4.78 is 28.7. The molecular weight excluding hydrogens is 478 g/mol. The molecule has 1 aromatic carbocycles. The Morgan fingerprint density at radius 2 is 1.32 bits per heavy atom. The van der Waals surface area contributed by atoms with E-state index in [1.54, 1.807) is 0 Å². The number of nitrogens with one attached hydrogen (secondary N) is 1. The fourth-order valence-corrected chi connectivity index (χ4v) is 3.31. The van der Waals surface area contributed by atoms with Crippen LogP contribution in [0.4, 0.5) is 0 Å². The van der Waals surface area contributed by atoms with Gasteiger partial charge in [0, 0.05) is 18.3 Å². The average Bonchev–Trinajstić information content (AvgIpc) is 3.41. The van der Waals surface area contributed by atoms with Crippen molar-refractivity contribution in [2.24, 2.45) is 0 Å². The predicted molar refractivity (Wildman–Crippen MR) is 140 cm³/mol. The Bertz CT molecular complexity index is 858. The average molecular weight is 522 g/mol. The Morgan fingerprint density at radius 1 is 0.811 bits per heavy atom. The van der Waals surface area contributed by atoms with Crippen molar-refractivity contribution in [3.63, 3.8) is 0 Å². The second-order valence-corrected chi connectivity index (χ2v) is 8.75. The molecule has 10 nitrogen and oxygen atoms in total. The number of ether oxygens (including phenoxy) is 5. The first kappa shape index (κ1) is 30.9. The van der Waals surface area contributed by atoms with Gasteiger partial charge in [-0.2, -0.15) is 5.10 Å². The number of aliphatic hydroxyl groups excluding tert-OH is 1. The van der Waals surface area contributed by atoms with Crippen LogP contribution in [-0.4, -0.2) is 100 Å². The van der Waals surface area contributed by atoms with Gasteiger partial charge in [0.15, 0.2) is 0 Å². The zero-order valence-electron chi connectivity index (χ0n) is 22.4. The summed E-state index contributed by atoms with van der Waals surface area (Å²) in [7, 11) is 0. The molecule has 1 aromatic heterocycles. The molecule has 0 saturated carbocycles. The van der Waals surface area contributed by atoms with Crippen molar-refractivity contribution in [1.29, 1.82) is 0 Å². The van der Waals surface area contributed by atoms with Crippen molar-refractivity contribution in [3.05, 3.63) is 53.3 Å². The molecule has 2 aromatic rings. The van der Waals surface area contributed by atoms with Crippen LogP contribution in [0.5, 0.6) is 0 Å². The quantitative estimate of drug-likeness (QED) is 0.241. The fourth-order valence-electron chi connectivity index (χ4n) is 3.31. The highest BCUT2D eigenvalue weighted by molar-refractivity contribution is 5.94. The number of hydrogen-bond acceptors (Lipinski definition) is 8. The SMILES string of the molecule is CC(C)c1cnn(C(C)c2ccc(C(=O)NCCOCCOCCOCCOCCOCCO)cc2)c1. The summed E-state index contributed by atoms with van der Waals surface area (Å²) in [5.74, 6) is 0.314. The van der Waals surface area contributed by atoms with Gasteiger partial charge in [-0.1, -0.05) is 26.0 Å². The highest BCUT2D eigenvalue weighted by Gasteiger charge is 2.12. The first-order valence-electron chi connectivity index (χ1n) is 12.9. The zero-order chi connectivity index (χ0) is 26.7. The Morgan fingerprint density at radius 3 is 1.81 bits per heavy atom. The van der Waals surface area contributed by atoms with Gasteiger partial charge in [-0.05, 0) is 36.1 Å². The number of benzene rings is 1. The second kappa shape index (κ2) is 18.8. The molecule has 0 aliphatic carbocycles. The van der Waals surface area contributed by atoms with E-state index >= 15 is 0 Å². The van der Waals surface area contributed by atoms with Gasteiger partial charge >= 0.3 is 0 Å². The van der Waals surface area contributed by atoms with E-state index in [2.05, 4.69) is 37.4 Å². The summed E-state index contributed by atoms with van der Waals surface area (Å²) in [6.07, 6.45) is 3.99. The maximum absolute atomic E-state index is 12.4. The van der Waals surface area contributed by atoms with Crippen LogP contribution in [-0.2, 0) is 23.7 Å². The van der Waals surface area contributed by atoms with Gasteiger partial charge in [-0.25, -0.2) is 0 Å². The number of hydrogen-bond donors (Lipinski definition) is 2. The van der Waals surface area contributed by atoms with Crippen molar-refractivity contribution < 1.29 is 33.6 Å². The molecule has 2 N–H and O–H groups in total. The maximum Gasteiger partial charge on any atom is 0.251 e. The highest BCUT2D eigenvalue weighted by atomic mass is 16.6. The van der Waals surface area contributed by atoms with E-state index in [-0.39, 0.29) is 18.6 Å². The van der Waals surface area contributed by atoms with Gasteiger partial charge in [0.05, 0.1) is 84.9 Å². The van der Waals surface area contributed by atoms with Crippen molar-refractivity contribution in [1.82, 2.24) is 15.1 Å². The molecule has 0 saturated heterocycles. The van der Waals surface area contributed by atoms with E-state index in [9.17, 15) is 4.79 Å². The van der Waals surface area contributed by atoms with Gasteiger partial charge in [0.25, 0.3) is 5.91 Å². The minimum Gasteiger partial charge on any atom is -0.394 e. The highest BCUT2D eigenvalue weighted by Crippen LogP contribution is 2.20. The number of aliphatic hydroxyl groups is 1. The second-order valence-electron chi connectivity index (χ2n) is 8.75. The third-order valence-corrected chi connectivity index (χ3v) is 5.60. The van der Waals surface area contributed by atoms with Crippen LogP contribution in [0.1, 0.15) is 54.2 Å². The van der Waals surface area contributed by atoms with Crippen LogP contribution in [0.25, 0.3) is 0 Å². The molecule has 208 valence electrons. The Kier molecular flexibility index (Phi) is 15.7. The lowest BCUT2D eigenvalue weighted by molar-refractivity contribution is -0.0130. The van der Waals surface area contributed by atoms with E-state index in [0.29, 0.717) is 84.1 Å². The third kappa shape index (κ3) is 12.6. The number of carbonyl (C=O) groups is 1. The van der Waals surface area contributed by atoms with Crippen LogP contribution in [0, 0.1) is 0 Å². The van der Waals surface area contributed by atoms with Crippen molar-refractivity contribution in [3.8, 4) is 0 Å². The van der Waals surface area contributed by atoms with Crippen LogP contribution < -0.4 is 5.32 Å². The summed E-state index contributed by atoms with van der Waals surface area (Å²) in [6.45, 7) is 11.4. The number of nitrogens with zero attached hydrogens (tertiary/aromatic N) is 2. The van der Waals surface area contributed by atoms with Crippen LogP contribution in [0.15, 0.2) is 36.7 Å². The topological polar surface area (TPSA) is 113 Å². The Hall–Kier alpha value is -2.34. The minimum absolute atomic E-state index is 0.0212. The lowest BCUT2D eigenvalue weighted by atomic mass is 10.1. The molecule has 2 rings (SSSR count). The summed E-state index contributed by atoms with van der Waals surface area (Å²) in [5.41, 5.74) is 2.92. The molecule has 0 spiro atoms. The number of amides is 1. The molecule has 0 aliphatic rings. The molecule has 0 aliphatic heterocycles. The molecule has 0 bridgehead atoms. The van der Waals surface area contributed by atoms with Crippen LogP contribution in [0.2, 0.25) is 0 Å². The van der Waals surface area contributed by atoms with Crippen molar-refractivity contribution >= 4 is 5.91 Å². The zero-order valence-corrected chi connectivity index (χ0v) is 22.4. The smallest absolute Gasteiger partial charge is 0.251 e. The van der Waals surface area contributed by atoms with Crippen molar-refractivity contribution in [2.45, 2.75) is 32.7 Å². The lowest BCUT2D eigenvalue weighted by Crippen LogP contribution is -2.27.